The van der Waals surface area contributed by atoms with Gasteiger partial charge >= 0.3 is 0 Å². The van der Waals surface area contributed by atoms with Crippen LogP contribution in [0.3, 0.4) is 0 Å². The van der Waals surface area contributed by atoms with Crippen molar-refractivity contribution in [3.63, 3.8) is 0 Å². The van der Waals surface area contributed by atoms with Crippen LogP contribution < -0.4 is 0 Å². The lowest BCUT2D eigenvalue weighted by atomic mass is 9.54. The van der Waals surface area contributed by atoms with Crippen molar-refractivity contribution < 1.29 is 19.8 Å². The van der Waals surface area contributed by atoms with Crippen molar-refractivity contribution in [3.8, 4) is 5.75 Å². The summed E-state index contributed by atoms with van der Waals surface area (Å²) in [4.78, 5) is 23.7. The smallest absolute Gasteiger partial charge is 0.165 e. The quantitative estimate of drug-likeness (QED) is 0.774. The summed E-state index contributed by atoms with van der Waals surface area (Å²) in [5, 5.41) is 18.7. The Hall–Kier alpha value is -1.68. The van der Waals surface area contributed by atoms with Crippen LogP contribution in [0.5, 0.6) is 5.75 Å². The van der Waals surface area contributed by atoms with E-state index in [0.717, 1.165) is 25.7 Å². The van der Waals surface area contributed by atoms with Crippen molar-refractivity contribution in [3.05, 3.63) is 29.3 Å². The highest BCUT2D eigenvalue weighted by molar-refractivity contribution is 5.99. The highest BCUT2D eigenvalue weighted by atomic mass is 16.3. The Labute approximate surface area is 161 Å². The average Bonchev–Trinajstić information content (AvgIpc) is 2.97. The van der Waals surface area contributed by atoms with Gasteiger partial charge in [-0.3, -0.25) is 9.59 Å². The van der Waals surface area contributed by atoms with Gasteiger partial charge in [-0.05, 0) is 90.9 Å². The Balaban J connectivity index is 1.51. The van der Waals surface area contributed by atoms with E-state index in [1.54, 1.807) is 0 Å². The molecule has 1 aromatic carbocycles. The Kier molecular flexibility index (Phi) is 4.87. The molecule has 2 N–H and O–H groups in total. The molecule has 0 radical (unpaired) electrons. The molecule has 3 aliphatic rings. The molecule has 2 saturated carbocycles. The fourth-order valence-corrected chi connectivity index (χ4v) is 6.64. The number of aromatic hydroxyl groups is 1. The molecule has 0 spiro atoms. The van der Waals surface area contributed by atoms with Gasteiger partial charge in [-0.15, -0.1) is 0 Å². The Morgan fingerprint density at radius 3 is 2.74 bits per heavy atom. The number of phenols is 1. The van der Waals surface area contributed by atoms with Crippen molar-refractivity contribution in [2.45, 2.75) is 64.2 Å². The van der Waals surface area contributed by atoms with E-state index < -0.39 is 6.61 Å². The van der Waals surface area contributed by atoms with E-state index in [4.69, 9.17) is 5.11 Å². The molecule has 0 saturated heterocycles. The number of fused-ring (bicyclic) bond motifs is 5. The molecule has 0 aromatic heterocycles. The van der Waals surface area contributed by atoms with Crippen LogP contribution >= 0.6 is 0 Å². The molecule has 27 heavy (non-hydrogen) atoms. The van der Waals surface area contributed by atoms with Gasteiger partial charge in [-0.1, -0.05) is 13.0 Å². The summed E-state index contributed by atoms with van der Waals surface area (Å²) in [7, 11) is 0. The molecule has 4 rings (SSSR count). The fourth-order valence-electron chi connectivity index (χ4n) is 6.64. The fraction of sp³-hybridized carbons (Fsp3) is 0.652. The first-order valence-electron chi connectivity index (χ1n) is 10.4. The lowest BCUT2D eigenvalue weighted by molar-refractivity contribution is -0.129. The minimum atomic E-state index is -0.533. The van der Waals surface area contributed by atoms with Crippen LogP contribution in [0, 0.1) is 23.2 Å². The highest BCUT2D eigenvalue weighted by Crippen LogP contribution is 2.63. The number of benzene rings is 1. The summed E-state index contributed by atoms with van der Waals surface area (Å²) in [5.74, 6) is 2.25. The van der Waals surface area contributed by atoms with Crippen molar-refractivity contribution >= 4 is 11.6 Å². The van der Waals surface area contributed by atoms with Crippen LogP contribution in [0.4, 0.5) is 0 Å². The number of Topliss-reactive ketones (excluding diaryl/α,β-unsaturated/α-hetero) is 2. The first kappa shape index (κ1) is 18.7. The Morgan fingerprint density at radius 1 is 1.15 bits per heavy atom. The largest absolute Gasteiger partial charge is 0.508 e. The number of carbonyl (C=O) groups is 2. The second-order valence-corrected chi connectivity index (χ2v) is 9.23. The first-order chi connectivity index (χ1) is 12.9. The number of phenolic OH excluding ortho intramolecular Hbond substituents is 1. The molecule has 1 aromatic rings. The van der Waals surface area contributed by atoms with Gasteiger partial charge in [0.15, 0.2) is 5.78 Å². The summed E-state index contributed by atoms with van der Waals surface area (Å²) >= 11 is 0. The molecule has 3 aliphatic carbocycles. The predicted octanol–water partition coefficient (Wildman–Crippen LogP) is 3.78. The molecule has 0 amide bonds. The van der Waals surface area contributed by atoms with Gasteiger partial charge in [0.25, 0.3) is 0 Å². The van der Waals surface area contributed by atoms with Crippen molar-refractivity contribution in [1.29, 1.82) is 0 Å². The number of carbonyl (C=O) groups excluding carboxylic acids is 2. The van der Waals surface area contributed by atoms with E-state index in [1.165, 1.54) is 24.0 Å². The molecule has 4 heteroatoms. The van der Waals surface area contributed by atoms with Crippen LogP contribution in [0.25, 0.3) is 0 Å². The molecule has 0 heterocycles. The minimum Gasteiger partial charge on any atom is -0.508 e. The highest BCUT2D eigenvalue weighted by Gasteiger charge is 2.54. The molecule has 4 nitrogen and oxygen atoms in total. The van der Waals surface area contributed by atoms with Gasteiger partial charge in [0.2, 0.25) is 0 Å². The standard InChI is InChI=1S/C23H30O4/c1-23-9-8-20-19-6-4-16(25)10-14(19)2-5-21(20)22(23)7-3-15(23)11-17(26)12-18(27)13-24/h4,6,10,15,20-22,24-25H,2-3,5,7-9,11-13H2,1H3/t15?,20?,21?,22?,23-/m1/s1. The molecular weight excluding hydrogens is 340 g/mol. The monoisotopic (exact) mass is 370 g/mol. The maximum absolute atomic E-state index is 12.3. The van der Waals surface area contributed by atoms with Gasteiger partial charge in [0.1, 0.15) is 18.1 Å². The van der Waals surface area contributed by atoms with Gasteiger partial charge in [-0.2, -0.15) is 0 Å². The molecule has 4 unspecified atom stereocenters. The summed E-state index contributed by atoms with van der Waals surface area (Å²) in [6.07, 6.45) is 7.11. The second kappa shape index (κ2) is 7.05. The Morgan fingerprint density at radius 2 is 1.96 bits per heavy atom. The number of rotatable bonds is 5. The molecule has 146 valence electrons. The third-order valence-electron chi connectivity index (χ3n) is 7.95. The van der Waals surface area contributed by atoms with Crippen LogP contribution in [0.2, 0.25) is 0 Å². The van der Waals surface area contributed by atoms with Gasteiger partial charge in [0.05, 0.1) is 6.42 Å². The molecule has 2 fully saturated rings. The zero-order chi connectivity index (χ0) is 19.2. The zero-order valence-electron chi connectivity index (χ0n) is 16.1. The molecule has 0 bridgehead atoms. The second-order valence-electron chi connectivity index (χ2n) is 9.23. The maximum atomic E-state index is 12.3. The summed E-state index contributed by atoms with van der Waals surface area (Å²) in [5.41, 5.74) is 2.93. The number of hydrogen-bond acceptors (Lipinski definition) is 4. The van der Waals surface area contributed by atoms with Crippen LogP contribution in [-0.4, -0.2) is 28.4 Å². The number of ketones is 2. The predicted molar refractivity (Wildman–Crippen MR) is 103 cm³/mol. The normalized spacial score (nSPS) is 34.4. The minimum absolute atomic E-state index is 0.00693. The van der Waals surface area contributed by atoms with Gasteiger partial charge in [0, 0.05) is 6.42 Å². The van der Waals surface area contributed by atoms with Crippen LogP contribution in [0.15, 0.2) is 18.2 Å². The summed E-state index contributed by atoms with van der Waals surface area (Å²) in [6.45, 7) is 1.84. The lowest BCUT2D eigenvalue weighted by Gasteiger charge is -2.51. The SMILES string of the molecule is C[C@]12CCC3c4ccc(O)cc4CCC3C1CCC2CC(=O)CC(=O)CO. The summed E-state index contributed by atoms with van der Waals surface area (Å²) < 4.78 is 0. The number of hydrogen-bond donors (Lipinski definition) is 2. The number of aliphatic hydroxyl groups excluding tert-OH is 1. The topological polar surface area (TPSA) is 74.6 Å². The van der Waals surface area contributed by atoms with E-state index >= 15 is 0 Å². The van der Waals surface area contributed by atoms with Crippen LogP contribution in [-0.2, 0) is 16.0 Å². The van der Waals surface area contributed by atoms with Crippen molar-refractivity contribution in [2.24, 2.45) is 23.2 Å². The third-order valence-corrected chi connectivity index (χ3v) is 7.95. The first-order valence-corrected chi connectivity index (χ1v) is 10.4. The number of aliphatic hydroxyl groups is 1. The van der Waals surface area contributed by atoms with E-state index in [-0.39, 0.29) is 23.4 Å². The average molecular weight is 370 g/mol. The van der Waals surface area contributed by atoms with Gasteiger partial charge in [-0.25, -0.2) is 0 Å². The lowest BCUT2D eigenvalue weighted by Crippen LogP contribution is -2.42. The van der Waals surface area contributed by atoms with Gasteiger partial charge < -0.3 is 10.2 Å². The van der Waals surface area contributed by atoms with Crippen molar-refractivity contribution in [1.82, 2.24) is 0 Å². The zero-order valence-corrected chi connectivity index (χ0v) is 16.1. The van der Waals surface area contributed by atoms with Crippen molar-refractivity contribution in [2.75, 3.05) is 6.61 Å². The van der Waals surface area contributed by atoms with E-state index in [0.29, 0.717) is 35.8 Å². The van der Waals surface area contributed by atoms with E-state index in [1.807, 2.05) is 12.1 Å². The van der Waals surface area contributed by atoms with E-state index in [2.05, 4.69) is 13.0 Å². The molecule has 5 atom stereocenters. The Bertz CT molecular complexity index is 755. The summed E-state index contributed by atoms with van der Waals surface area (Å²) in [6, 6.07) is 5.89. The van der Waals surface area contributed by atoms with Crippen LogP contribution in [0.1, 0.15) is 68.9 Å². The number of aryl methyl sites for hydroxylation is 1. The molecule has 0 aliphatic heterocycles. The van der Waals surface area contributed by atoms with E-state index in [9.17, 15) is 14.7 Å². The third kappa shape index (κ3) is 3.22. The molecular formula is C23H30O4. The maximum Gasteiger partial charge on any atom is 0.165 e.